The Balaban J connectivity index is 2.11. The fraction of sp³-hybridized carbons (Fsp3) is 0.200. The van der Waals surface area contributed by atoms with Crippen LogP contribution in [0.1, 0.15) is 16.3 Å². The lowest BCUT2D eigenvalue weighted by Crippen LogP contribution is -1.99. The lowest BCUT2D eigenvalue weighted by Gasteiger charge is -1.97. The Kier molecular flexibility index (Phi) is 2.53. The minimum absolute atomic E-state index is 0.215. The number of hydrogen-bond donors (Lipinski definition) is 0. The molecule has 0 aromatic carbocycles. The fourth-order valence-corrected chi connectivity index (χ4v) is 1.23. The van der Waals surface area contributed by atoms with Crippen molar-refractivity contribution in [3.63, 3.8) is 0 Å². The maximum absolute atomic E-state index is 11.1. The van der Waals surface area contributed by atoms with Crippen molar-refractivity contribution in [1.82, 2.24) is 9.55 Å². The SMILES string of the molecule is COC(=O)c1ccc(Cn2ccnc2)o1. The third-order valence-corrected chi connectivity index (χ3v) is 1.95. The quantitative estimate of drug-likeness (QED) is 0.710. The first-order valence-corrected chi connectivity index (χ1v) is 4.42. The van der Waals surface area contributed by atoms with Gasteiger partial charge in [0.05, 0.1) is 20.0 Å². The van der Waals surface area contributed by atoms with E-state index in [1.165, 1.54) is 7.11 Å². The van der Waals surface area contributed by atoms with Gasteiger partial charge in [0.25, 0.3) is 0 Å². The van der Waals surface area contributed by atoms with E-state index in [0.29, 0.717) is 12.3 Å². The van der Waals surface area contributed by atoms with Crippen molar-refractivity contribution >= 4 is 5.97 Å². The highest BCUT2D eigenvalue weighted by Gasteiger charge is 2.10. The molecule has 2 aromatic rings. The molecule has 0 aliphatic rings. The summed E-state index contributed by atoms with van der Waals surface area (Å²) in [5.74, 6) is 0.438. The predicted molar refractivity (Wildman–Crippen MR) is 51.4 cm³/mol. The van der Waals surface area contributed by atoms with Crippen molar-refractivity contribution in [1.29, 1.82) is 0 Å². The van der Waals surface area contributed by atoms with Gasteiger partial charge >= 0.3 is 5.97 Å². The molecule has 5 nitrogen and oxygen atoms in total. The number of ether oxygens (including phenoxy) is 1. The summed E-state index contributed by atoms with van der Waals surface area (Å²) in [7, 11) is 1.32. The summed E-state index contributed by atoms with van der Waals surface area (Å²) < 4.78 is 11.7. The summed E-state index contributed by atoms with van der Waals surface area (Å²) >= 11 is 0. The van der Waals surface area contributed by atoms with Crippen LogP contribution in [0.15, 0.2) is 35.3 Å². The van der Waals surface area contributed by atoms with Crippen molar-refractivity contribution in [2.24, 2.45) is 0 Å². The highest BCUT2D eigenvalue weighted by atomic mass is 16.5. The first-order chi connectivity index (χ1) is 7.29. The number of hydrogen-bond acceptors (Lipinski definition) is 4. The van der Waals surface area contributed by atoms with Gasteiger partial charge in [-0.05, 0) is 12.1 Å². The molecule has 0 saturated heterocycles. The van der Waals surface area contributed by atoms with Crippen LogP contribution >= 0.6 is 0 Å². The topological polar surface area (TPSA) is 57.3 Å². The van der Waals surface area contributed by atoms with E-state index in [-0.39, 0.29) is 5.76 Å². The second-order valence-electron chi connectivity index (χ2n) is 2.99. The molecule has 0 spiro atoms. The lowest BCUT2D eigenvalue weighted by atomic mass is 10.4. The average Bonchev–Trinajstić information content (AvgIpc) is 2.88. The Hall–Kier alpha value is -2.04. The van der Waals surface area contributed by atoms with Crippen LogP contribution in [0.2, 0.25) is 0 Å². The third kappa shape index (κ3) is 2.07. The summed E-state index contributed by atoms with van der Waals surface area (Å²) in [6.45, 7) is 0.553. The smallest absolute Gasteiger partial charge is 0.373 e. The average molecular weight is 206 g/mol. The molecule has 2 rings (SSSR count). The van der Waals surface area contributed by atoms with Crippen molar-refractivity contribution in [2.45, 2.75) is 6.54 Å². The van der Waals surface area contributed by atoms with Crippen LogP contribution in [0.5, 0.6) is 0 Å². The van der Waals surface area contributed by atoms with E-state index >= 15 is 0 Å². The number of carbonyl (C=O) groups excluding carboxylic acids is 1. The molecule has 0 saturated carbocycles. The lowest BCUT2D eigenvalue weighted by molar-refractivity contribution is 0.0563. The van der Waals surface area contributed by atoms with Gasteiger partial charge in [-0.15, -0.1) is 0 Å². The number of rotatable bonds is 3. The van der Waals surface area contributed by atoms with Crippen LogP contribution in [0.3, 0.4) is 0 Å². The van der Waals surface area contributed by atoms with E-state index in [4.69, 9.17) is 4.42 Å². The normalized spacial score (nSPS) is 10.2. The van der Waals surface area contributed by atoms with Gasteiger partial charge in [-0.3, -0.25) is 0 Å². The zero-order valence-corrected chi connectivity index (χ0v) is 8.21. The number of furan rings is 1. The largest absolute Gasteiger partial charge is 0.463 e. The molecular weight excluding hydrogens is 196 g/mol. The minimum atomic E-state index is -0.466. The molecule has 2 heterocycles. The molecule has 0 radical (unpaired) electrons. The molecule has 0 unspecified atom stereocenters. The fourth-order valence-electron chi connectivity index (χ4n) is 1.23. The van der Waals surface area contributed by atoms with E-state index in [1.807, 2.05) is 10.8 Å². The Labute approximate surface area is 86.3 Å². The zero-order chi connectivity index (χ0) is 10.7. The molecule has 0 atom stereocenters. The molecule has 78 valence electrons. The van der Waals surface area contributed by atoms with Crippen molar-refractivity contribution in [3.8, 4) is 0 Å². The predicted octanol–water partition coefficient (Wildman–Crippen LogP) is 1.31. The van der Waals surface area contributed by atoms with Crippen molar-refractivity contribution < 1.29 is 13.9 Å². The molecule has 2 aromatic heterocycles. The molecular formula is C10H10N2O3. The van der Waals surface area contributed by atoms with Gasteiger partial charge in [0, 0.05) is 12.4 Å². The van der Waals surface area contributed by atoms with Gasteiger partial charge in [-0.25, -0.2) is 9.78 Å². The van der Waals surface area contributed by atoms with Crippen LogP contribution in [0.4, 0.5) is 0 Å². The first kappa shape index (κ1) is 9.51. The highest BCUT2D eigenvalue weighted by molar-refractivity contribution is 5.86. The van der Waals surface area contributed by atoms with Crippen LogP contribution in [0, 0.1) is 0 Å². The molecule has 0 N–H and O–H groups in total. The van der Waals surface area contributed by atoms with E-state index in [2.05, 4.69) is 9.72 Å². The number of methoxy groups -OCH3 is 1. The van der Waals surface area contributed by atoms with Crippen LogP contribution in [0.25, 0.3) is 0 Å². The Bertz CT molecular complexity index is 445. The van der Waals surface area contributed by atoms with Gasteiger partial charge in [0.1, 0.15) is 5.76 Å². The Morgan fingerprint density at radius 3 is 3.13 bits per heavy atom. The molecule has 0 bridgehead atoms. The number of carbonyl (C=O) groups is 1. The van der Waals surface area contributed by atoms with Gasteiger partial charge in [-0.1, -0.05) is 0 Å². The molecule has 0 aliphatic heterocycles. The third-order valence-electron chi connectivity index (χ3n) is 1.95. The van der Waals surface area contributed by atoms with E-state index in [0.717, 1.165) is 0 Å². The summed E-state index contributed by atoms with van der Waals surface area (Å²) in [6.07, 6.45) is 5.19. The van der Waals surface area contributed by atoms with Crippen LogP contribution in [-0.4, -0.2) is 22.6 Å². The second-order valence-corrected chi connectivity index (χ2v) is 2.99. The maximum atomic E-state index is 11.1. The highest BCUT2D eigenvalue weighted by Crippen LogP contribution is 2.10. The molecule has 0 fully saturated rings. The summed E-state index contributed by atoms with van der Waals surface area (Å²) in [4.78, 5) is 15.0. The molecule has 15 heavy (non-hydrogen) atoms. The standard InChI is InChI=1S/C10H10N2O3/c1-14-10(13)9-3-2-8(15-9)6-12-5-4-11-7-12/h2-5,7H,6H2,1H3. The maximum Gasteiger partial charge on any atom is 0.373 e. The summed E-state index contributed by atoms with van der Waals surface area (Å²) in [5, 5.41) is 0. The molecule has 0 aliphatic carbocycles. The van der Waals surface area contributed by atoms with E-state index in [1.54, 1.807) is 24.7 Å². The number of imidazole rings is 1. The summed E-state index contributed by atoms with van der Waals surface area (Å²) in [5.41, 5.74) is 0. The van der Waals surface area contributed by atoms with Gasteiger partial charge in [0.15, 0.2) is 0 Å². The van der Waals surface area contributed by atoms with Gasteiger partial charge < -0.3 is 13.7 Å². The van der Waals surface area contributed by atoms with Crippen molar-refractivity contribution in [2.75, 3.05) is 7.11 Å². The summed E-state index contributed by atoms with van der Waals surface area (Å²) in [6, 6.07) is 3.34. The number of esters is 1. The Morgan fingerprint density at radius 1 is 1.60 bits per heavy atom. The second kappa shape index (κ2) is 4.00. The Morgan fingerprint density at radius 2 is 2.47 bits per heavy atom. The van der Waals surface area contributed by atoms with Crippen LogP contribution in [-0.2, 0) is 11.3 Å². The van der Waals surface area contributed by atoms with Gasteiger partial charge in [0.2, 0.25) is 5.76 Å². The molecule has 5 heteroatoms. The monoisotopic (exact) mass is 206 g/mol. The molecule has 0 amide bonds. The zero-order valence-electron chi connectivity index (χ0n) is 8.21. The first-order valence-electron chi connectivity index (χ1n) is 4.42. The minimum Gasteiger partial charge on any atom is -0.463 e. The number of nitrogens with zero attached hydrogens (tertiary/aromatic N) is 2. The van der Waals surface area contributed by atoms with E-state index in [9.17, 15) is 4.79 Å². The number of aromatic nitrogens is 2. The van der Waals surface area contributed by atoms with Crippen molar-refractivity contribution in [3.05, 3.63) is 42.4 Å². The van der Waals surface area contributed by atoms with Crippen LogP contribution < -0.4 is 0 Å². The van der Waals surface area contributed by atoms with E-state index < -0.39 is 5.97 Å². The van der Waals surface area contributed by atoms with Gasteiger partial charge in [-0.2, -0.15) is 0 Å².